The Hall–Kier alpha value is 0.350. The van der Waals surface area contributed by atoms with Crippen LogP contribution >= 0.6 is 11.8 Å². The monoisotopic (exact) mass is 271 g/mol. The molecule has 0 aromatic heterocycles. The Morgan fingerprint density at radius 2 is 1.06 bits per heavy atom. The topological polar surface area (TPSA) is 0 Å². The van der Waals surface area contributed by atoms with Crippen LogP contribution in [0.1, 0.15) is 90.4 Å². The maximum atomic E-state index is 3.88. The van der Waals surface area contributed by atoms with Crippen LogP contribution in [-0.2, 0) is 0 Å². The Morgan fingerprint density at radius 1 is 0.611 bits per heavy atom. The molecule has 0 N–H and O–H groups in total. The van der Waals surface area contributed by atoms with E-state index < -0.39 is 0 Å². The van der Waals surface area contributed by atoms with Gasteiger partial charge in [0.15, 0.2) is 0 Å². The maximum Gasteiger partial charge on any atom is -0.00675 e. The molecular formula is C17H35S. The van der Waals surface area contributed by atoms with Crippen molar-refractivity contribution in [1.29, 1.82) is 0 Å². The fourth-order valence-corrected chi connectivity index (χ4v) is 3.20. The van der Waals surface area contributed by atoms with E-state index in [9.17, 15) is 0 Å². The summed E-state index contributed by atoms with van der Waals surface area (Å²) in [5.41, 5.74) is 0. The van der Waals surface area contributed by atoms with Crippen molar-refractivity contribution in [3.05, 3.63) is 6.92 Å². The fourth-order valence-electron chi connectivity index (χ4n) is 2.17. The maximum absolute atomic E-state index is 3.88. The van der Waals surface area contributed by atoms with Crippen molar-refractivity contribution in [2.24, 2.45) is 0 Å². The highest BCUT2D eigenvalue weighted by molar-refractivity contribution is 7.99. The molecule has 0 nitrogen and oxygen atoms in total. The molecule has 0 aromatic carbocycles. The second-order valence-electron chi connectivity index (χ2n) is 5.36. The highest BCUT2D eigenvalue weighted by Gasteiger charge is 1.93. The van der Waals surface area contributed by atoms with E-state index in [1.54, 1.807) is 0 Å². The van der Waals surface area contributed by atoms with Crippen LogP contribution in [0.25, 0.3) is 0 Å². The van der Waals surface area contributed by atoms with E-state index in [4.69, 9.17) is 0 Å². The lowest BCUT2D eigenvalue weighted by atomic mass is 10.1. The SMILES string of the molecule is [CH2]CCCCCCCCSCCCCCCCC. The Labute approximate surface area is 121 Å². The summed E-state index contributed by atoms with van der Waals surface area (Å²) in [5.74, 6) is 2.79. The normalized spacial score (nSPS) is 11.0. The first-order valence-electron chi connectivity index (χ1n) is 8.28. The minimum atomic E-state index is 1.12. The Balaban J connectivity index is 2.86. The molecule has 0 rings (SSSR count). The molecule has 0 atom stereocenters. The molecule has 0 fully saturated rings. The zero-order valence-corrected chi connectivity index (χ0v) is 13.5. The first-order valence-corrected chi connectivity index (χ1v) is 9.44. The Kier molecular flexibility index (Phi) is 17.7. The van der Waals surface area contributed by atoms with E-state index in [1.165, 1.54) is 88.6 Å². The molecule has 0 aromatic rings. The van der Waals surface area contributed by atoms with Crippen molar-refractivity contribution < 1.29 is 0 Å². The van der Waals surface area contributed by atoms with Gasteiger partial charge in [0, 0.05) is 0 Å². The minimum Gasteiger partial charge on any atom is -0.162 e. The Bertz CT molecular complexity index is 118. The Morgan fingerprint density at radius 3 is 1.56 bits per heavy atom. The van der Waals surface area contributed by atoms with E-state index in [0.29, 0.717) is 0 Å². The predicted molar refractivity (Wildman–Crippen MR) is 88.4 cm³/mol. The fraction of sp³-hybridized carbons (Fsp3) is 0.941. The van der Waals surface area contributed by atoms with E-state index in [1.807, 2.05) is 0 Å². The molecule has 0 bridgehead atoms. The summed E-state index contributed by atoms with van der Waals surface area (Å²) >= 11 is 2.18. The minimum absolute atomic E-state index is 1.12. The number of rotatable bonds is 15. The molecule has 0 aliphatic heterocycles. The van der Waals surface area contributed by atoms with Crippen LogP contribution in [0.5, 0.6) is 0 Å². The third kappa shape index (κ3) is 16.4. The third-order valence-corrected chi connectivity index (χ3v) is 4.59. The number of unbranched alkanes of at least 4 members (excludes halogenated alkanes) is 11. The lowest BCUT2D eigenvalue weighted by Gasteiger charge is -2.03. The van der Waals surface area contributed by atoms with Gasteiger partial charge in [-0.1, -0.05) is 84.5 Å². The van der Waals surface area contributed by atoms with Crippen LogP contribution in [0, 0.1) is 6.92 Å². The third-order valence-electron chi connectivity index (χ3n) is 3.43. The molecule has 0 amide bonds. The van der Waals surface area contributed by atoms with Crippen molar-refractivity contribution >= 4 is 11.8 Å². The van der Waals surface area contributed by atoms with Crippen LogP contribution < -0.4 is 0 Å². The van der Waals surface area contributed by atoms with E-state index in [-0.39, 0.29) is 0 Å². The average molecular weight is 272 g/mol. The van der Waals surface area contributed by atoms with Gasteiger partial charge in [-0.15, -0.1) is 0 Å². The van der Waals surface area contributed by atoms with Crippen molar-refractivity contribution in [2.75, 3.05) is 11.5 Å². The average Bonchev–Trinajstić information content (AvgIpc) is 2.39. The first kappa shape index (κ1) is 18.4. The van der Waals surface area contributed by atoms with Crippen LogP contribution in [0.2, 0.25) is 0 Å². The van der Waals surface area contributed by atoms with Gasteiger partial charge < -0.3 is 0 Å². The summed E-state index contributed by atoms with van der Waals surface area (Å²) in [6, 6.07) is 0. The molecule has 0 saturated carbocycles. The molecule has 0 saturated heterocycles. The quantitative estimate of drug-likeness (QED) is 0.301. The van der Waals surface area contributed by atoms with E-state index in [0.717, 1.165) is 6.42 Å². The number of hydrogen-bond acceptors (Lipinski definition) is 1. The predicted octanol–water partition coefficient (Wildman–Crippen LogP) is 6.64. The number of thioether (sulfide) groups is 1. The standard InChI is InChI=1S/C17H35S/c1-3-5-7-9-11-13-15-17-18-16-14-12-10-8-6-4-2/h1,3-17H2,2H3. The van der Waals surface area contributed by atoms with E-state index in [2.05, 4.69) is 25.6 Å². The van der Waals surface area contributed by atoms with Gasteiger partial charge >= 0.3 is 0 Å². The van der Waals surface area contributed by atoms with Crippen LogP contribution in [0.3, 0.4) is 0 Å². The van der Waals surface area contributed by atoms with Gasteiger partial charge in [-0.25, -0.2) is 0 Å². The number of hydrogen-bond donors (Lipinski definition) is 0. The largest absolute Gasteiger partial charge is 0.162 e. The van der Waals surface area contributed by atoms with Gasteiger partial charge in [0.2, 0.25) is 0 Å². The van der Waals surface area contributed by atoms with Crippen LogP contribution in [0.15, 0.2) is 0 Å². The molecule has 0 unspecified atom stereocenters. The summed E-state index contributed by atoms with van der Waals surface area (Å²) in [6.45, 7) is 6.17. The molecule has 0 heterocycles. The smallest absolute Gasteiger partial charge is 0.00675 e. The highest BCUT2D eigenvalue weighted by Crippen LogP contribution is 2.13. The molecule has 0 aliphatic rings. The summed E-state index contributed by atoms with van der Waals surface area (Å²) in [4.78, 5) is 0. The molecule has 0 spiro atoms. The molecule has 109 valence electrons. The van der Waals surface area contributed by atoms with Gasteiger partial charge in [-0.2, -0.15) is 11.8 Å². The van der Waals surface area contributed by atoms with Crippen molar-refractivity contribution in [2.45, 2.75) is 90.4 Å². The summed E-state index contributed by atoms with van der Waals surface area (Å²) in [5, 5.41) is 0. The van der Waals surface area contributed by atoms with Gasteiger partial charge in [0.05, 0.1) is 0 Å². The van der Waals surface area contributed by atoms with Crippen molar-refractivity contribution in [3.63, 3.8) is 0 Å². The molecular weight excluding hydrogens is 236 g/mol. The van der Waals surface area contributed by atoms with Crippen molar-refractivity contribution in [1.82, 2.24) is 0 Å². The molecule has 1 radical (unpaired) electrons. The highest BCUT2D eigenvalue weighted by atomic mass is 32.2. The van der Waals surface area contributed by atoms with Crippen LogP contribution in [0.4, 0.5) is 0 Å². The van der Waals surface area contributed by atoms with Gasteiger partial charge in [0.25, 0.3) is 0 Å². The van der Waals surface area contributed by atoms with E-state index >= 15 is 0 Å². The first-order chi connectivity index (χ1) is 8.91. The van der Waals surface area contributed by atoms with Gasteiger partial charge in [0.1, 0.15) is 0 Å². The van der Waals surface area contributed by atoms with Crippen LogP contribution in [-0.4, -0.2) is 11.5 Å². The summed E-state index contributed by atoms with van der Waals surface area (Å²) < 4.78 is 0. The van der Waals surface area contributed by atoms with Gasteiger partial charge in [-0.3, -0.25) is 0 Å². The molecule has 0 aliphatic carbocycles. The lowest BCUT2D eigenvalue weighted by molar-refractivity contribution is 0.612. The summed E-state index contributed by atoms with van der Waals surface area (Å²) in [6.07, 6.45) is 18.2. The van der Waals surface area contributed by atoms with Crippen molar-refractivity contribution in [3.8, 4) is 0 Å². The second-order valence-corrected chi connectivity index (χ2v) is 6.58. The van der Waals surface area contributed by atoms with Gasteiger partial charge in [-0.05, 0) is 24.3 Å². The summed E-state index contributed by atoms with van der Waals surface area (Å²) in [7, 11) is 0. The molecule has 18 heavy (non-hydrogen) atoms. The zero-order chi connectivity index (χ0) is 13.3. The molecule has 1 heteroatoms. The zero-order valence-electron chi connectivity index (χ0n) is 12.7. The lowest BCUT2D eigenvalue weighted by Crippen LogP contribution is -1.86. The second kappa shape index (κ2) is 17.4.